The first-order valence-corrected chi connectivity index (χ1v) is 5.96. The topological polar surface area (TPSA) is 118 Å². The van der Waals surface area contributed by atoms with Gasteiger partial charge >= 0.3 is 5.69 Å². The summed E-state index contributed by atoms with van der Waals surface area (Å²) < 4.78 is 13.9. The molecule has 1 aromatic heterocycles. The molecule has 0 saturated carbocycles. The maximum absolute atomic E-state index is 13.2. The Balaban J connectivity index is 2.80. The van der Waals surface area contributed by atoms with Gasteiger partial charge in [-0.3, -0.25) is 19.1 Å². The summed E-state index contributed by atoms with van der Waals surface area (Å²) >= 11 is 0. The molecule has 0 aliphatic carbocycles. The van der Waals surface area contributed by atoms with Gasteiger partial charge in [0, 0.05) is 0 Å². The number of carbonyl (C=O) groups is 1. The first-order valence-electron chi connectivity index (χ1n) is 5.96. The van der Waals surface area contributed by atoms with E-state index in [0.29, 0.717) is 4.57 Å². The first-order chi connectivity index (χ1) is 9.82. The van der Waals surface area contributed by atoms with Gasteiger partial charge in [-0.1, -0.05) is 12.1 Å². The molecule has 0 bridgehead atoms. The number of benzene rings is 1. The third-order valence-corrected chi connectivity index (χ3v) is 3.03. The number of primary amides is 1. The number of carbonyl (C=O) groups excluding carboxylic acids is 1. The Morgan fingerprint density at radius 3 is 2.67 bits per heavy atom. The van der Waals surface area contributed by atoms with Crippen molar-refractivity contribution in [3.63, 3.8) is 0 Å². The van der Waals surface area contributed by atoms with Gasteiger partial charge in [0.05, 0.1) is 0 Å². The van der Waals surface area contributed by atoms with Gasteiger partial charge < -0.3 is 10.8 Å². The molecule has 0 aliphatic rings. The van der Waals surface area contributed by atoms with Crippen LogP contribution in [0.25, 0.3) is 11.1 Å². The van der Waals surface area contributed by atoms with E-state index in [4.69, 9.17) is 5.73 Å². The Kier molecular flexibility index (Phi) is 3.62. The Labute approximate surface area is 117 Å². The number of H-pyrrole nitrogens is 1. The number of nitrogens with zero attached hydrogens (tertiary/aromatic N) is 1. The molecule has 0 saturated heterocycles. The van der Waals surface area contributed by atoms with Crippen LogP contribution in [0, 0.1) is 5.82 Å². The van der Waals surface area contributed by atoms with E-state index >= 15 is 0 Å². The molecular weight excluding hydrogens is 281 g/mol. The molecule has 1 heterocycles. The zero-order valence-electron chi connectivity index (χ0n) is 11.0. The highest BCUT2D eigenvalue weighted by Crippen LogP contribution is 2.26. The van der Waals surface area contributed by atoms with E-state index < -0.39 is 34.9 Å². The van der Waals surface area contributed by atoms with Crippen LogP contribution in [0.1, 0.15) is 13.0 Å². The fourth-order valence-corrected chi connectivity index (χ4v) is 1.93. The van der Waals surface area contributed by atoms with Crippen molar-refractivity contribution in [2.24, 2.45) is 5.73 Å². The zero-order chi connectivity index (χ0) is 15.7. The molecule has 2 rings (SSSR count). The number of aromatic hydroxyl groups is 1. The number of hydrogen-bond donors (Lipinski definition) is 3. The van der Waals surface area contributed by atoms with Gasteiger partial charge in [0.25, 0.3) is 5.56 Å². The highest BCUT2D eigenvalue weighted by molar-refractivity contribution is 5.78. The third-order valence-electron chi connectivity index (χ3n) is 3.03. The predicted octanol–water partition coefficient (Wildman–Crippen LogP) is 0.0946. The van der Waals surface area contributed by atoms with Crippen molar-refractivity contribution in [2.75, 3.05) is 0 Å². The molecule has 8 heteroatoms. The second-order valence-electron chi connectivity index (χ2n) is 4.42. The van der Waals surface area contributed by atoms with Gasteiger partial charge in [0.15, 0.2) is 0 Å². The van der Waals surface area contributed by atoms with Crippen molar-refractivity contribution in [3.8, 4) is 17.0 Å². The number of nitrogens with one attached hydrogen (secondary N) is 1. The van der Waals surface area contributed by atoms with Crippen LogP contribution in [0.4, 0.5) is 4.39 Å². The number of halogens is 1. The van der Waals surface area contributed by atoms with Crippen LogP contribution in [0.3, 0.4) is 0 Å². The van der Waals surface area contributed by atoms with Crippen LogP contribution in [0.15, 0.2) is 33.9 Å². The van der Waals surface area contributed by atoms with E-state index in [2.05, 4.69) is 0 Å². The van der Waals surface area contributed by atoms with E-state index in [1.54, 1.807) is 0 Å². The molecule has 1 atom stereocenters. The average Bonchev–Trinajstić information content (AvgIpc) is 2.37. The molecule has 110 valence electrons. The fraction of sp³-hybridized carbons (Fsp3) is 0.154. The molecule has 7 nitrogen and oxygen atoms in total. The van der Waals surface area contributed by atoms with Gasteiger partial charge in [0.2, 0.25) is 11.8 Å². The van der Waals surface area contributed by atoms with Crippen molar-refractivity contribution in [1.29, 1.82) is 0 Å². The number of aromatic nitrogens is 2. The van der Waals surface area contributed by atoms with Crippen molar-refractivity contribution >= 4 is 5.91 Å². The average molecular weight is 293 g/mol. The number of amides is 1. The summed E-state index contributed by atoms with van der Waals surface area (Å²) in [5, 5.41) is 10.1. The number of rotatable bonds is 3. The van der Waals surface area contributed by atoms with Gasteiger partial charge in [0.1, 0.15) is 17.4 Å². The van der Waals surface area contributed by atoms with Gasteiger partial charge in [-0.25, -0.2) is 9.18 Å². The SMILES string of the molecule is CC(C(N)=O)n1c(O)c(-c2cccc(F)c2)c(=O)[nH]c1=O. The number of nitrogens with two attached hydrogens (primary N) is 1. The highest BCUT2D eigenvalue weighted by Gasteiger charge is 2.22. The van der Waals surface area contributed by atoms with Crippen LogP contribution in [0.2, 0.25) is 0 Å². The van der Waals surface area contributed by atoms with E-state index in [0.717, 1.165) is 12.1 Å². The summed E-state index contributed by atoms with van der Waals surface area (Å²) in [5.74, 6) is -2.24. The smallest absolute Gasteiger partial charge is 0.331 e. The molecule has 1 amide bonds. The highest BCUT2D eigenvalue weighted by atomic mass is 19.1. The molecule has 0 aliphatic heterocycles. The second-order valence-corrected chi connectivity index (χ2v) is 4.42. The molecule has 1 unspecified atom stereocenters. The van der Waals surface area contributed by atoms with Crippen LogP contribution in [0.5, 0.6) is 5.88 Å². The molecule has 0 spiro atoms. The zero-order valence-corrected chi connectivity index (χ0v) is 11.0. The minimum atomic E-state index is -1.18. The largest absolute Gasteiger partial charge is 0.494 e. The quantitative estimate of drug-likeness (QED) is 0.743. The van der Waals surface area contributed by atoms with Crippen LogP contribution in [-0.4, -0.2) is 20.6 Å². The molecule has 2 aromatic rings. The molecular formula is C13H12FN3O4. The lowest BCUT2D eigenvalue weighted by molar-refractivity contribution is -0.120. The van der Waals surface area contributed by atoms with Gasteiger partial charge in [-0.05, 0) is 24.6 Å². The van der Waals surface area contributed by atoms with Crippen molar-refractivity contribution < 1.29 is 14.3 Å². The first kappa shape index (κ1) is 14.5. The van der Waals surface area contributed by atoms with E-state index in [1.807, 2.05) is 4.98 Å². The van der Waals surface area contributed by atoms with E-state index in [1.165, 1.54) is 19.1 Å². The van der Waals surface area contributed by atoms with Crippen molar-refractivity contribution in [2.45, 2.75) is 13.0 Å². The molecule has 0 radical (unpaired) electrons. The maximum Gasteiger partial charge on any atom is 0.331 e. The predicted molar refractivity (Wildman–Crippen MR) is 72.3 cm³/mol. The maximum atomic E-state index is 13.2. The summed E-state index contributed by atoms with van der Waals surface area (Å²) in [7, 11) is 0. The Morgan fingerprint density at radius 1 is 1.43 bits per heavy atom. The summed E-state index contributed by atoms with van der Waals surface area (Å²) in [6.45, 7) is 1.29. The summed E-state index contributed by atoms with van der Waals surface area (Å²) in [5.41, 5.74) is 2.97. The van der Waals surface area contributed by atoms with Crippen molar-refractivity contribution in [3.05, 3.63) is 50.9 Å². The lowest BCUT2D eigenvalue weighted by atomic mass is 10.1. The summed E-state index contributed by atoms with van der Waals surface area (Å²) in [4.78, 5) is 36.7. The second kappa shape index (κ2) is 5.23. The van der Waals surface area contributed by atoms with Gasteiger partial charge in [-0.15, -0.1) is 0 Å². The lowest BCUT2D eigenvalue weighted by Gasteiger charge is -2.15. The van der Waals surface area contributed by atoms with E-state index in [-0.39, 0.29) is 11.1 Å². The minimum absolute atomic E-state index is 0.0687. The molecule has 4 N–H and O–H groups in total. The fourth-order valence-electron chi connectivity index (χ4n) is 1.93. The normalized spacial score (nSPS) is 12.1. The third kappa shape index (κ3) is 2.55. The van der Waals surface area contributed by atoms with E-state index in [9.17, 15) is 23.9 Å². The Morgan fingerprint density at radius 2 is 2.10 bits per heavy atom. The van der Waals surface area contributed by atoms with Crippen LogP contribution >= 0.6 is 0 Å². The monoisotopic (exact) mass is 293 g/mol. The number of hydrogen-bond acceptors (Lipinski definition) is 4. The molecule has 0 fully saturated rings. The van der Waals surface area contributed by atoms with Crippen molar-refractivity contribution in [1.82, 2.24) is 9.55 Å². The van der Waals surface area contributed by atoms with Crippen LogP contribution in [-0.2, 0) is 4.79 Å². The van der Waals surface area contributed by atoms with Gasteiger partial charge in [-0.2, -0.15) is 0 Å². The minimum Gasteiger partial charge on any atom is -0.494 e. The Bertz CT molecular complexity index is 825. The Hall–Kier alpha value is -2.90. The summed E-state index contributed by atoms with van der Waals surface area (Å²) in [6.07, 6.45) is 0. The number of aromatic amines is 1. The summed E-state index contributed by atoms with van der Waals surface area (Å²) in [6, 6.07) is 3.74. The molecule has 21 heavy (non-hydrogen) atoms. The molecule has 1 aromatic carbocycles. The standard InChI is InChI=1S/C13H12FN3O4/c1-6(10(15)18)17-12(20)9(11(19)16-13(17)21)7-3-2-4-8(14)5-7/h2-6,20H,1H3,(H2,15,18)(H,16,19,21). The lowest BCUT2D eigenvalue weighted by Crippen LogP contribution is -2.37. The van der Waals surface area contributed by atoms with Crippen LogP contribution < -0.4 is 17.0 Å².